The first-order chi connectivity index (χ1) is 11.9. The Balaban J connectivity index is 1.87. The molecule has 0 fully saturated rings. The predicted octanol–water partition coefficient (Wildman–Crippen LogP) is 2.78. The lowest BCUT2D eigenvalue weighted by molar-refractivity contribution is -0.125. The standard InChI is InChI=1S/C19H21N3O3/c1-11(2)13-4-6-14(7-5-13)15(23)10-22-18-16(8-9-17(20)21-18)25-12(3)19(22)24/h4-9,11-12H,10H2,1-3H3,(H2,20,21). The summed E-state index contributed by atoms with van der Waals surface area (Å²) >= 11 is 0. The van der Waals surface area contributed by atoms with Gasteiger partial charge in [-0.3, -0.25) is 14.5 Å². The van der Waals surface area contributed by atoms with E-state index in [1.165, 1.54) is 4.90 Å². The number of pyridine rings is 1. The van der Waals surface area contributed by atoms with Gasteiger partial charge in [0.25, 0.3) is 5.91 Å². The molecule has 0 radical (unpaired) electrons. The topological polar surface area (TPSA) is 85.5 Å². The molecule has 1 aromatic heterocycles. The number of carbonyl (C=O) groups excluding carboxylic acids is 2. The lowest BCUT2D eigenvalue weighted by atomic mass is 10.0. The Morgan fingerprint density at radius 3 is 2.56 bits per heavy atom. The van der Waals surface area contributed by atoms with Crippen LogP contribution in [0.3, 0.4) is 0 Å². The maximum atomic E-state index is 12.6. The van der Waals surface area contributed by atoms with Crippen molar-refractivity contribution >= 4 is 23.3 Å². The van der Waals surface area contributed by atoms with Gasteiger partial charge in [0.2, 0.25) is 0 Å². The van der Waals surface area contributed by atoms with Crippen molar-refractivity contribution in [2.45, 2.75) is 32.8 Å². The lowest BCUT2D eigenvalue weighted by Gasteiger charge is -2.31. The molecule has 1 aliphatic rings. The van der Waals surface area contributed by atoms with E-state index in [0.29, 0.717) is 17.2 Å². The van der Waals surface area contributed by atoms with Crippen molar-refractivity contribution in [2.24, 2.45) is 0 Å². The normalized spacial score (nSPS) is 16.6. The summed E-state index contributed by atoms with van der Waals surface area (Å²) in [6.45, 7) is 5.74. The number of nitrogens with two attached hydrogens (primary N) is 1. The van der Waals surface area contributed by atoms with E-state index >= 15 is 0 Å². The average molecular weight is 339 g/mol. The number of Topliss-reactive ketones (excluding diaryl/α,β-unsaturated/α-hetero) is 1. The lowest BCUT2D eigenvalue weighted by Crippen LogP contribution is -2.47. The molecule has 1 unspecified atom stereocenters. The van der Waals surface area contributed by atoms with Gasteiger partial charge in [-0.05, 0) is 30.5 Å². The van der Waals surface area contributed by atoms with Gasteiger partial charge in [-0.1, -0.05) is 38.1 Å². The molecule has 1 amide bonds. The maximum Gasteiger partial charge on any atom is 0.269 e. The molecule has 1 aromatic carbocycles. The molecule has 25 heavy (non-hydrogen) atoms. The zero-order valence-electron chi connectivity index (χ0n) is 14.5. The Kier molecular flexibility index (Phi) is 4.44. The summed E-state index contributed by atoms with van der Waals surface area (Å²) in [5, 5.41) is 0. The smallest absolute Gasteiger partial charge is 0.269 e. The third-order valence-electron chi connectivity index (χ3n) is 4.24. The fourth-order valence-corrected chi connectivity index (χ4v) is 2.74. The van der Waals surface area contributed by atoms with Crippen molar-refractivity contribution < 1.29 is 14.3 Å². The molecule has 0 saturated heterocycles. The summed E-state index contributed by atoms with van der Waals surface area (Å²) in [6.07, 6.45) is -0.672. The second-order valence-electron chi connectivity index (χ2n) is 6.44. The highest BCUT2D eigenvalue weighted by Crippen LogP contribution is 2.33. The maximum absolute atomic E-state index is 12.6. The summed E-state index contributed by atoms with van der Waals surface area (Å²) in [5.74, 6) is 0.929. The van der Waals surface area contributed by atoms with E-state index in [1.54, 1.807) is 31.2 Å². The number of rotatable bonds is 4. The zero-order chi connectivity index (χ0) is 18.1. The SMILES string of the molecule is CC1Oc2ccc(N)nc2N(CC(=O)c2ccc(C(C)C)cc2)C1=O. The molecule has 3 rings (SSSR count). The van der Waals surface area contributed by atoms with E-state index in [9.17, 15) is 9.59 Å². The summed E-state index contributed by atoms with van der Waals surface area (Å²) < 4.78 is 5.54. The van der Waals surface area contributed by atoms with Crippen LogP contribution < -0.4 is 15.4 Å². The summed E-state index contributed by atoms with van der Waals surface area (Å²) in [6, 6.07) is 10.7. The fourth-order valence-electron chi connectivity index (χ4n) is 2.74. The number of hydrogen-bond acceptors (Lipinski definition) is 5. The van der Waals surface area contributed by atoms with Gasteiger partial charge in [-0.25, -0.2) is 4.98 Å². The third kappa shape index (κ3) is 3.33. The predicted molar refractivity (Wildman–Crippen MR) is 96.0 cm³/mol. The Labute approximate surface area is 146 Å². The van der Waals surface area contributed by atoms with Crippen LogP contribution in [-0.4, -0.2) is 29.3 Å². The Morgan fingerprint density at radius 1 is 1.24 bits per heavy atom. The molecule has 1 aliphatic heterocycles. The molecule has 0 aliphatic carbocycles. The summed E-state index contributed by atoms with van der Waals surface area (Å²) in [4.78, 5) is 30.6. The molecule has 0 bridgehead atoms. The third-order valence-corrected chi connectivity index (χ3v) is 4.24. The first-order valence-corrected chi connectivity index (χ1v) is 8.24. The van der Waals surface area contributed by atoms with E-state index in [4.69, 9.17) is 10.5 Å². The van der Waals surface area contributed by atoms with Crippen molar-refractivity contribution in [1.82, 2.24) is 4.98 Å². The number of anilines is 2. The van der Waals surface area contributed by atoms with E-state index in [-0.39, 0.29) is 29.9 Å². The number of fused-ring (bicyclic) bond motifs is 1. The molecule has 130 valence electrons. The highest BCUT2D eigenvalue weighted by atomic mass is 16.5. The van der Waals surface area contributed by atoms with Crippen LogP contribution in [0.2, 0.25) is 0 Å². The highest BCUT2D eigenvalue weighted by Gasteiger charge is 2.34. The van der Waals surface area contributed by atoms with Crippen LogP contribution in [0.1, 0.15) is 42.6 Å². The molecule has 2 heterocycles. The van der Waals surface area contributed by atoms with Crippen LogP contribution in [0.4, 0.5) is 11.6 Å². The number of nitrogens with zero attached hydrogens (tertiary/aromatic N) is 2. The Hall–Kier alpha value is -2.89. The largest absolute Gasteiger partial charge is 0.477 e. The van der Waals surface area contributed by atoms with Gasteiger partial charge in [0.05, 0.1) is 6.54 Å². The van der Waals surface area contributed by atoms with Crippen LogP contribution >= 0.6 is 0 Å². The molecule has 6 heteroatoms. The quantitative estimate of drug-likeness (QED) is 0.866. The number of carbonyl (C=O) groups is 2. The fraction of sp³-hybridized carbons (Fsp3) is 0.316. The second kappa shape index (κ2) is 6.55. The monoisotopic (exact) mass is 339 g/mol. The second-order valence-corrected chi connectivity index (χ2v) is 6.44. The van der Waals surface area contributed by atoms with Crippen molar-refractivity contribution in [3.05, 3.63) is 47.5 Å². The number of ether oxygens (including phenoxy) is 1. The molecule has 0 spiro atoms. The first kappa shape index (κ1) is 17.0. The Morgan fingerprint density at radius 2 is 1.92 bits per heavy atom. The molecular formula is C19H21N3O3. The molecule has 2 aromatic rings. The Bertz CT molecular complexity index is 815. The first-order valence-electron chi connectivity index (χ1n) is 8.24. The molecule has 6 nitrogen and oxygen atoms in total. The molecule has 0 saturated carbocycles. The van der Waals surface area contributed by atoms with Crippen LogP contribution in [0.25, 0.3) is 0 Å². The van der Waals surface area contributed by atoms with Crippen molar-refractivity contribution in [3.8, 4) is 5.75 Å². The van der Waals surface area contributed by atoms with Crippen LogP contribution in [0.5, 0.6) is 5.75 Å². The van der Waals surface area contributed by atoms with Gasteiger partial charge >= 0.3 is 0 Å². The molecule has 2 N–H and O–H groups in total. The van der Waals surface area contributed by atoms with E-state index < -0.39 is 6.10 Å². The molecular weight excluding hydrogens is 318 g/mol. The minimum atomic E-state index is -0.672. The number of ketones is 1. The number of hydrogen-bond donors (Lipinski definition) is 1. The van der Waals surface area contributed by atoms with E-state index in [1.807, 2.05) is 12.1 Å². The minimum absolute atomic E-state index is 0.100. The van der Waals surface area contributed by atoms with Gasteiger partial charge < -0.3 is 10.5 Å². The van der Waals surface area contributed by atoms with Crippen LogP contribution in [0, 0.1) is 0 Å². The van der Waals surface area contributed by atoms with E-state index in [0.717, 1.165) is 5.56 Å². The number of amides is 1. The average Bonchev–Trinajstić information content (AvgIpc) is 2.59. The van der Waals surface area contributed by atoms with Gasteiger partial charge in [0.1, 0.15) is 5.82 Å². The summed E-state index contributed by atoms with van der Waals surface area (Å²) in [5.41, 5.74) is 7.44. The number of nitrogen functional groups attached to an aromatic ring is 1. The number of aromatic nitrogens is 1. The van der Waals surface area contributed by atoms with Gasteiger partial charge in [-0.15, -0.1) is 0 Å². The van der Waals surface area contributed by atoms with Crippen LogP contribution in [0.15, 0.2) is 36.4 Å². The van der Waals surface area contributed by atoms with Gasteiger partial charge in [0, 0.05) is 5.56 Å². The minimum Gasteiger partial charge on any atom is -0.477 e. The van der Waals surface area contributed by atoms with Crippen molar-refractivity contribution in [1.29, 1.82) is 0 Å². The molecule has 1 atom stereocenters. The van der Waals surface area contributed by atoms with Crippen LogP contribution in [-0.2, 0) is 4.79 Å². The van der Waals surface area contributed by atoms with Crippen molar-refractivity contribution in [3.63, 3.8) is 0 Å². The number of benzene rings is 1. The van der Waals surface area contributed by atoms with Crippen molar-refractivity contribution in [2.75, 3.05) is 17.2 Å². The van der Waals surface area contributed by atoms with Gasteiger partial charge in [0.15, 0.2) is 23.5 Å². The highest BCUT2D eigenvalue weighted by molar-refractivity contribution is 6.07. The van der Waals surface area contributed by atoms with Gasteiger partial charge in [-0.2, -0.15) is 0 Å². The zero-order valence-corrected chi connectivity index (χ0v) is 14.5. The van der Waals surface area contributed by atoms with E-state index in [2.05, 4.69) is 18.8 Å². The summed E-state index contributed by atoms with van der Waals surface area (Å²) in [7, 11) is 0.